The highest BCUT2D eigenvalue weighted by molar-refractivity contribution is 6.91. The van der Waals surface area contributed by atoms with E-state index in [1.807, 2.05) is 0 Å². The lowest BCUT2D eigenvalue weighted by Crippen LogP contribution is -2.69. The standard InChI is InChI=1S/C24H56N4Si2/c1-17(2)25(18(3)4)29(26(19(5)6)20(7)8)30(27(21(9)10)22(11)12)28(23(13)14)24(15)16/h17-24H,1-16H3. The second kappa shape index (κ2) is 12.6. The van der Waals surface area contributed by atoms with Gasteiger partial charge in [-0.3, -0.25) is 0 Å². The van der Waals surface area contributed by atoms with E-state index < -0.39 is 16.4 Å². The van der Waals surface area contributed by atoms with E-state index >= 15 is 0 Å². The van der Waals surface area contributed by atoms with Crippen LogP contribution in [0.1, 0.15) is 111 Å². The minimum atomic E-state index is -1.01. The molecule has 0 radical (unpaired) electrons. The Morgan fingerprint density at radius 1 is 0.267 bits per heavy atom. The van der Waals surface area contributed by atoms with Gasteiger partial charge in [0.15, 0.2) is 0 Å². The van der Waals surface area contributed by atoms with Crippen molar-refractivity contribution < 1.29 is 0 Å². The van der Waals surface area contributed by atoms with Gasteiger partial charge in [0.2, 0.25) is 0 Å². The van der Waals surface area contributed by atoms with Crippen LogP contribution in [0.25, 0.3) is 0 Å². The third kappa shape index (κ3) is 7.35. The van der Waals surface area contributed by atoms with Crippen LogP contribution in [-0.2, 0) is 0 Å². The highest BCUT2D eigenvalue weighted by Gasteiger charge is 2.38. The van der Waals surface area contributed by atoms with E-state index in [9.17, 15) is 0 Å². The van der Waals surface area contributed by atoms with Gasteiger partial charge in [-0.15, -0.1) is 0 Å². The summed E-state index contributed by atoms with van der Waals surface area (Å²) >= 11 is 0. The molecule has 180 valence electrons. The summed E-state index contributed by atoms with van der Waals surface area (Å²) < 4.78 is 11.6. The van der Waals surface area contributed by atoms with E-state index in [0.717, 1.165) is 0 Å². The van der Waals surface area contributed by atoms with Crippen molar-refractivity contribution in [3.8, 4) is 0 Å². The Balaban J connectivity index is 7.64. The molecule has 0 aliphatic rings. The fourth-order valence-corrected chi connectivity index (χ4v) is 19.4. The number of hydrogen-bond donors (Lipinski definition) is 0. The minimum absolute atomic E-state index is 0.543. The van der Waals surface area contributed by atoms with Gasteiger partial charge in [0.05, 0.1) is 0 Å². The number of rotatable bonds is 12. The molecule has 0 saturated heterocycles. The maximum atomic E-state index is 2.91. The molecule has 0 amide bonds. The highest BCUT2D eigenvalue weighted by atomic mass is 28.9. The van der Waals surface area contributed by atoms with E-state index in [1.54, 1.807) is 0 Å². The Hall–Kier alpha value is -0.366. The molecule has 0 N–H and O–H groups in total. The fourth-order valence-electron chi connectivity index (χ4n) is 5.07. The first kappa shape index (κ1) is 29.6. The maximum absolute atomic E-state index is 2.91. The predicted molar refractivity (Wildman–Crippen MR) is 140 cm³/mol. The van der Waals surface area contributed by atoms with E-state index in [2.05, 4.69) is 129 Å². The summed E-state index contributed by atoms with van der Waals surface area (Å²) in [5.41, 5.74) is 0. The van der Waals surface area contributed by atoms with Gasteiger partial charge in [-0.1, -0.05) is 0 Å². The van der Waals surface area contributed by atoms with Crippen molar-refractivity contribution in [2.24, 2.45) is 0 Å². The Morgan fingerprint density at radius 2 is 0.367 bits per heavy atom. The van der Waals surface area contributed by atoms with Crippen LogP contribution in [0.5, 0.6) is 0 Å². The molecular weight excluding hydrogens is 400 g/mol. The molecule has 0 aliphatic carbocycles. The van der Waals surface area contributed by atoms with Crippen molar-refractivity contribution >= 4 is 16.4 Å². The average Bonchev–Trinajstić information content (AvgIpc) is 2.50. The van der Waals surface area contributed by atoms with Crippen molar-refractivity contribution in [3.05, 3.63) is 0 Å². The first-order chi connectivity index (χ1) is 13.6. The van der Waals surface area contributed by atoms with E-state index in [-0.39, 0.29) is 0 Å². The lowest BCUT2D eigenvalue weighted by Gasteiger charge is -2.51. The van der Waals surface area contributed by atoms with E-state index in [4.69, 9.17) is 0 Å². The smallest absolute Gasteiger partial charge is 0.268 e. The largest absolute Gasteiger partial charge is 0.388 e. The monoisotopic (exact) mass is 456 g/mol. The maximum Gasteiger partial charge on any atom is 0.268 e. The molecule has 0 fully saturated rings. The molecule has 0 aromatic carbocycles. The van der Waals surface area contributed by atoms with Crippen LogP contribution >= 0.6 is 0 Å². The van der Waals surface area contributed by atoms with Crippen LogP contribution in [0, 0.1) is 0 Å². The van der Waals surface area contributed by atoms with Crippen molar-refractivity contribution in [2.45, 2.75) is 159 Å². The van der Waals surface area contributed by atoms with Gasteiger partial charge < -0.3 is 18.3 Å². The summed E-state index contributed by atoms with van der Waals surface area (Å²) in [6.45, 7) is 38.6. The molecule has 0 heterocycles. The van der Waals surface area contributed by atoms with Crippen molar-refractivity contribution in [1.82, 2.24) is 18.3 Å². The van der Waals surface area contributed by atoms with Gasteiger partial charge >= 0.3 is 0 Å². The van der Waals surface area contributed by atoms with Crippen molar-refractivity contribution in [1.29, 1.82) is 0 Å². The fraction of sp³-hybridized carbons (Fsp3) is 1.00. The molecule has 0 atom stereocenters. The topological polar surface area (TPSA) is 13.0 Å². The average molecular weight is 457 g/mol. The molecule has 0 saturated carbocycles. The molecular formula is C24H56N4Si2. The normalized spacial score (nSPS) is 12.4. The zero-order chi connectivity index (χ0) is 24.1. The van der Waals surface area contributed by atoms with E-state index in [1.165, 1.54) is 0 Å². The number of hydrogen-bond acceptors (Lipinski definition) is 4. The highest BCUT2D eigenvalue weighted by Crippen LogP contribution is 2.20. The van der Waals surface area contributed by atoms with Crippen LogP contribution < -0.4 is 0 Å². The molecule has 0 aliphatic heterocycles. The first-order valence-corrected chi connectivity index (χ1v) is 16.2. The van der Waals surface area contributed by atoms with Gasteiger partial charge in [0, 0.05) is 48.3 Å². The Kier molecular flexibility index (Phi) is 12.5. The summed E-state index contributed by atoms with van der Waals surface area (Å²) in [6.07, 6.45) is 0. The zero-order valence-electron chi connectivity index (χ0n) is 23.4. The molecule has 0 bridgehead atoms. The third-order valence-corrected chi connectivity index (χ3v) is 16.4. The Labute approximate surface area is 193 Å². The summed E-state index contributed by atoms with van der Waals surface area (Å²) in [5.74, 6) is 0. The second-order valence-electron chi connectivity index (χ2n) is 11.0. The molecule has 6 heteroatoms. The SMILES string of the molecule is CC(C)N(C(C)C)[Si](N(C(C)C)C(C)C)=[Si](N(C(C)C)C(C)C)N(C(C)C)C(C)C. The quantitative estimate of drug-likeness (QED) is 0.359. The van der Waals surface area contributed by atoms with Crippen LogP contribution in [-0.4, -0.2) is 83.0 Å². The van der Waals surface area contributed by atoms with Crippen molar-refractivity contribution in [2.75, 3.05) is 0 Å². The van der Waals surface area contributed by atoms with Gasteiger partial charge in [0.25, 0.3) is 16.4 Å². The van der Waals surface area contributed by atoms with Crippen LogP contribution in [0.2, 0.25) is 0 Å². The van der Waals surface area contributed by atoms with Crippen LogP contribution in [0.15, 0.2) is 0 Å². The van der Waals surface area contributed by atoms with Crippen molar-refractivity contribution in [3.63, 3.8) is 0 Å². The lowest BCUT2D eigenvalue weighted by molar-refractivity contribution is 0.212. The minimum Gasteiger partial charge on any atom is -0.388 e. The Bertz CT molecular complexity index is 403. The molecule has 0 aromatic heterocycles. The molecule has 0 aromatic rings. The van der Waals surface area contributed by atoms with Crippen LogP contribution in [0.3, 0.4) is 0 Å². The molecule has 0 rings (SSSR count). The van der Waals surface area contributed by atoms with E-state index in [0.29, 0.717) is 48.3 Å². The summed E-state index contributed by atoms with van der Waals surface area (Å²) in [5, 5.41) is 0. The summed E-state index contributed by atoms with van der Waals surface area (Å²) in [4.78, 5) is 0. The lowest BCUT2D eigenvalue weighted by atomic mass is 10.3. The summed E-state index contributed by atoms with van der Waals surface area (Å²) in [6, 6.07) is 4.34. The number of nitrogens with zero attached hydrogens (tertiary/aromatic N) is 4. The Morgan fingerprint density at radius 3 is 0.433 bits per heavy atom. The van der Waals surface area contributed by atoms with Gasteiger partial charge in [-0.2, -0.15) is 0 Å². The molecule has 0 spiro atoms. The molecule has 0 unspecified atom stereocenters. The van der Waals surface area contributed by atoms with Gasteiger partial charge in [-0.05, 0) is 111 Å². The predicted octanol–water partition coefficient (Wildman–Crippen LogP) is 5.52. The van der Waals surface area contributed by atoms with Gasteiger partial charge in [-0.25, -0.2) is 0 Å². The molecule has 4 nitrogen and oxygen atoms in total. The van der Waals surface area contributed by atoms with Crippen LogP contribution in [0.4, 0.5) is 0 Å². The second-order valence-corrected chi connectivity index (χ2v) is 17.1. The third-order valence-electron chi connectivity index (χ3n) is 5.63. The first-order valence-electron chi connectivity index (χ1n) is 12.4. The molecule has 30 heavy (non-hydrogen) atoms. The summed E-state index contributed by atoms with van der Waals surface area (Å²) in [7, 11) is -2.03. The zero-order valence-corrected chi connectivity index (χ0v) is 25.4. The van der Waals surface area contributed by atoms with Gasteiger partial charge in [0.1, 0.15) is 0 Å².